The second-order valence-corrected chi connectivity index (χ2v) is 0. The molecule has 0 amide bonds. The molecule has 0 aromatic rings. The summed E-state index contributed by atoms with van der Waals surface area (Å²) >= 11 is 2.11. The average molecular weight is 361 g/mol. The summed E-state index contributed by atoms with van der Waals surface area (Å²) in [6.07, 6.45) is 0. The van der Waals surface area contributed by atoms with Gasteiger partial charge in [0.15, 0.2) is 0 Å². The van der Waals surface area contributed by atoms with Gasteiger partial charge in [-0.1, -0.05) is 0 Å². The normalized spacial score (nSPS) is 2.17. The molecule has 0 heterocycles. The van der Waals surface area contributed by atoms with Crippen molar-refractivity contribution in [3.8, 4) is 0 Å². The molecule has 0 aliphatic heterocycles. The molecule has 28 valence electrons. The van der Waals surface area contributed by atoms with Crippen LogP contribution in [0.1, 0.15) is 0 Å². The minimum absolute atomic E-state index is 0. The van der Waals surface area contributed by atoms with Crippen molar-refractivity contribution >= 4 is 59.4 Å². The molecular formula is HCl3KLiPb. The summed E-state index contributed by atoms with van der Waals surface area (Å²) in [5.74, 6) is 0. The molecule has 0 saturated carbocycles. The van der Waals surface area contributed by atoms with E-state index >= 15 is 0 Å². The van der Waals surface area contributed by atoms with Gasteiger partial charge in [-0.3, -0.25) is 0 Å². The van der Waals surface area contributed by atoms with Crippen LogP contribution in [0.2, 0.25) is 0 Å². The van der Waals surface area contributed by atoms with Gasteiger partial charge in [0.2, 0.25) is 0 Å². The molecule has 6 heteroatoms. The van der Waals surface area contributed by atoms with Crippen molar-refractivity contribution in [1.82, 2.24) is 0 Å². The zero-order valence-electron chi connectivity index (χ0n) is 3.71. The first-order valence-electron chi connectivity index (χ1n) is 0.596. The van der Waals surface area contributed by atoms with Crippen molar-refractivity contribution in [2.24, 2.45) is 0 Å². The molecule has 6 heavy (non-hydrogen) atoms. The molecule has 0 spiro atoms. The van der Waals surface area contributed by atoms with E-state index in [9.17, 15) is 0 Å². The van der Waals surface area contributed by atoms with E-state index in [1.165, 1.54) is 16.7 Å². The van der Waals surface area contributed by atoms with E-state index in [1.807, 2.05) is 0 Å². The molecule has 0 bridgehead atoms. The Kier molecular flexibility index (Phi) is 134. The van der Waals surface area contributed by atoms with Gasteiger partial charge in [-0.25, -0.2) is 0 Å². The Morgan fingerprint density at radius 2 is 1.17 bits per heavy atom. The third-order valence-electron chi connectivity index (χ3n) is 0. The number of halogens is 3. The molecule has 0 aliphatic carbocycles. The van der Waals surface area contributed by atoms with Gasteiger partial charge in [0, 0.05) is 0 Å². The maximum absolute atomic E-state index is 4.81. The van der Waals surface area contributed by atoms with E-state index in [0.717, 1.165) is 0 Å². The zero-order chi connectivity index (χ0) is 4.00. The SMILES string of the molecule is [Cl-].[Cl][PbH].[K+].[Li][Cl]. The Balaban J connectivity index is -0.00000000500. The van der Waals surface area contributed by atoms with E-state index < -0.39 is 0 Å². The van der Waals surface area contributed by atoms with Gasteiger partial charge in [-0.15, -0.1) is 0 Å². The molecule has 0 unspecified atom stereocenters. The van der Waals surface area contributed by atoms with Gasteiger partial charge in [-0.05, 0) is 0 Å². The summed E-state index contributed by atoms with van der Waals surface area (Å²) in [6.45, 7) is 0. The number of hydrogen-bond acceptors (Lipinski definition) is 0. The van der Waals surface area contributed by atoms with Gasteiger partial charge in [0.25, 0.3) is 0 Å². The summed E-state index contributed by atoms with van der Waals surface area (Å²) in [5, 5.41) is 0. The van der Waals surface area contributed by atoms with E-state index in [-0.39, 0.29) is 63.8 Å². The van der Waals surface area contributed by atoms with Crippen LogP contribution >= 0.6 is 18.1 Å². The van der Waals surface area contributed by atoms with Crippen LogP contribution in [0.4, 0.5) is 0 Å². The van der Waals surface area contributed by atoms with Gasteiger partial charge < -0.3 is 12.4 Å². The average Bonchev–Trinajstić information content (AvgIpc) is 1.50. The third-order valence-corrected chi connectivity index (χ3v) is 0. The first-order valence-corrected chi connectivity index (χ1v) is 6.88. The minimum atomic E-state index is 0. The zero-order valence-corrected chi connectivity index (χ0v) is 13.6. The van der Waals surface area contributed by atoms with Gasteiger partial charge in [-0.2, -0.15) is 0 Å². The molecule has 0 saturated heterocycles. The summed E-state index contributed by atoms with van der Waals surface area (Å²) in [5.41, 5.74) is 0. The van der Waals surface area contributed by atoms with Crippen LogP contribution in [0.15, 0.2) is 0 Å². The first-order chi connectivity index (χ1) is 2.00. The van der Waals surface area contributed by atoms with Crippen molar-refractivity contribution in [3.05, 3.63) is 0 Å². The predicted molar refractivity (Wildman–Crippen MR) is 24.6 cm³/mol. The monoisotopic (exact) mass is 360 g/mol. The molecule has 0 aromatic heterocycles. The fraction of sp³-hybridized carbons (Fsp3) is 0. The van der Waals surface area contributed by atoms with E-state index in [1.54, 1.807) is 0 Å². The van der Waals surface area contributed by atoms with Crippen LogP contribution in [0.25, 0.3) is 0 Å². The Morgan fingerprint density at radius 1 is 1.17 bits per heavy atom. The second-order valence-electron chi connectivity index (χ2n) is 0. The van der Waals surface area contributed by atoms with Gasteiger partial charge >= 0.3 is 111 Å². The van der Waals surface area contributed by atoms with Crippen molar-refractivity contribution in [3.63, 3.8) is 0 Å². The van der Waals surface area contributed by atoms with Crippen molar-refractivity contribution in [2.75, 3.05) is 0 Å². The van der Waals surface area contributed by atoms with Crippen molar-refractivity contribution in [2.45, 2.75) is 0 Å². The molecule has 0 N–H and O–H groups in total. The maximum atomic E-state index is 4.81. The van der Waals surface area contributed by atoms with Gasteiger partial charge in [0.05, 0.1) is 0 Å². The van der Waals surface area contributed by atoms with Crippen molar-refractivity contribution in [1.29, 1.82) is 0 Å². The van der Waals surface area contributed by atoms with Crippen molar-refractivity contribution < 1.29 is 63.8 Å². The molecule has 0 aromatic carbocycles. The Labute approximate surface area is 120 Å². The Hall–Kier alpha value is 4.03. The standard InChI is InChI=1S/3ClH.K.Li.Pb.H/h3*1H;;;;/q;;;3*+1;/p-3. The third kappa shape index (κ3) is 24.4. The van der Waals surface area contributed by atoms with Crippen LogP contribution < -0.4 is 63.8 Å². The molecule has 2 radical (unpaired) electrons. The summed E-state index contributed by atoms with van der Waals surface area (Å²) < 4.78 is 0. The predicted octanol–water partition coefficient (Wildman–Crippen LogP) is -5.64. The second kappa shape index (κ2) is 35.9. The molecule has 0 atom stereocenters. The molecule has 0 fully saturated rings. The fourth-order valence-electron chi connectivity index (χ4n) is 0. The van der Waals surface area contributed by atoms with E-state index in [2.05, 4.69) is 9.80 Å². The quantitative estimate of drug-likeness (QED) is 0.378. The molecule has 0 rings (SSSR count). The Bertz CT molecular complexity index is 10.8. The number of hydrogen-bond donors (Lipinski definition) is 0. The van der Waals surface area contributed by atoms with Crippen LogP contribution in [-0.4, -0.2) is 41.3 Å². The molecular weight excluding hydrogens is 360 g/mol. The summed E-state index contributed by atoms with van der Waals surface area (Å²) in [7, 11) is 9.44. The molecule has 0 aliphatic rings. The van der Waals surface area contributed by atoms with E-state index in [0.29, 0.717) is 24.5 Å². The van der Waals surface area contributed by atoms with Crippen LogP contribution in [0.5, 0.6) is 0 Å². The van der Waals surface area contributed by atoms with Crippen LogP contribution in [0, 0.1) is 0 Å². The fourth-order valence-corrected chi connectivity index (χ4v) is 0. The van der Waals surface area contributed by atoms with Gasteiger partial charge in [0.1, 0.15) is 0 Å². The Morgan fingerprint density at radius 3 is 1.17 bits per heavy atom. The first kappa shape index (κ1) is 22.5. The topological polar surface area (TPSA) is 0 Å². The van der Waals surface area contributed by atoms with Crippen LogP contribution in [0.3, 0.4) is 0 Å². The summed E-state index contributed by atoms with van der Waals surface area (Å²) in [4.78, 5) is 0. The molecule has 0 nitrogen and oxygen atoms in total. The van der Waals surface area contributed by atoms with Crippen LogP contribution in [-0.2, 0) is 0 Å². The van der Waals surface area contributed by atoms with E-state index in [4.69, 9.17) is 8.32 Å². The number of rotatable bonds is 0. The summed E-state index contributed by atoms with van der Waals surface area (Å²) in [6, 6.07) is 0.